The maximum absolute atomic E-state index is 12.7. The molecule has 0 amide bonds. The minimum absolute atomic E-state index is 0.162. The Kier molecular flexibility index (Phi) is 3.93. The van der Waals surface area contributed by atoms with Gasteiger partial charge in [-0.1, -0.05) is 0 Å². The summed E-state index contributed by atoms with van der Waals surface area (Å²) in [6.07, 6.45) is -3.01. The predicted molar refractivity (Wildman–Crippen MR) is 51.8 cm³/mol. The van der Waals surface area contributed by atoms with E-state index in [2.05, 4.69) is 14.5 Å². The van der Waals surface area contributed by atoms with Gasteiger partial charge in [-0.05, 0) is 0 Å². The van der Waals surface area contributed by atoms with Gasteiger partial charge in [-0.3, -0.25) is 0 Å². The summed E-state index contributed by atoms with van der Waals surface area (Å²) in [7, 11) is 2.25. The molecular formula is C10H8F2N2O3. The highest BCUT2D eigenvalue weighted by Gasteiger charge is 2.26. The highest BCUT2D eigenvalue weighted by atomic mass is 19.3. The number of esters is 1. The van der Waals surface area contributed by atoms with E-state index in [1.807, 2.05) is 0 Å². The summed E-state index contributed by atoms with van der Waals surface area (Å²) >= 11 is 0. The lowest BCUT2D eigenvalue weighted by Gasteiger charge is -2.09. The largest absolute Gasteiger partial charge is 0.481 e. The Balaban J connectivity index is 3.53. The smallest absolute Gasteiger partial charge is 0.341 e. The molecule has 0 saturated heterocycles. The van der Waals surface area contributed by atoms with Crippen molar-refractivity contribution in [1.82, 2.24) is 4.98 Å². The summed E-state index contributed by atoms with van der Waals surface area (Å²) in [6.45, 7) is 0. The van der Waals surface area contributed by atoms with Crippen molar-refractivity contribution in [3.63, 3.8) is 0 Å². The van der Waals surface area contributed by atoms with Gasteiger partial charge in [-0.15, -0.1) is 0 Å². The molecule has 0 radical (unpaired) electrons. The molecule has 0 N–H and O–H groups in total. The minimum atomic E-state index is -3.01. The second-order valence-electron chi connectivity index (χ2n) is 2.88. The van der Waals surface area contributed by atoms with Crippen molar-refractivity contribution in [1.29, 1.82) is 5.26 Å². The maximum atomic E-state index is 12.7. The molecule has 0 spiro atoms. The minimum Gasteiger partial charge on any atom is -0.481 e. The predicted octanol–water partition coefficient (Wildman–Crippen LogP) is 1.69. The molecule has 0 aliphatic carbocycles. The molecule has 1 aromatic heterocycles. The zero-order valence-electron chi connectivity index (χ0n) is 9.03. The van der Waals surface area contributed by atoms with E-state index in [0.29, 0.717) is 0 Å². The fourth-order valence-electron chi connectivity index (χ4n) is 1.21. The molecular weight excluding hydrogens is 234 g/mol. The fourth-order valence-corrected chi connectivity index (χ4v) is 1.21. The molecule has 90 valence electrons. The van der Waals surface area contributed by atoms with Gasteiger partial charge in [0.15, 0.2) is 0 Å². The van der Waals surface area contributed by atoms with Crippen molar-refractivity contribution in [2.45, 2.75) is 6.43 Å². The molecule has 0 atom stereocenters. The van der Waals surface area contributed by atoms with Crippen molar-refractivity contribution in [3.8, 4) is 11.9 Å². The number of hydrogen-bond donors (Lipinski definition) is 0. The van der Waals surface area contributed by atoms with Gasteiger partial charge in [0, 0.05) is 6.07 Å². The van der Waals surface area contributed by atoms with Crippen molar-refractivity contribution in [2.75, 3.05) is 14.2 Å². The number of methoxy groups -OCH3 is 2. The van der Waals surface area contributed by atoms with Crippen LogP contribution in [0.25, 0.3) is 0 Å². The number of alkyl halides is 2. The molecule has 0 fully saturated rings. The van der Waals surface area contributed by atoms with Crippen LogP contribution in [0.2, 0.25) is 0 Å². The third kappa shape index (κ3) is 2.47. The van der Waals surface area contributed by atoms with Crippen LogP contribution >= 0.6 is 0 Å². The van der Waals surface area contributed by atoms with Gasteiger partial charge in [-0.25, -0.2) is 18.6 Å². The molecule has 0 saturated carbocycles. The maximum Gasteiger partial charge on any atom is 0.341 e. The van der Waals surface area contributed by atoms with Crippen molar-refractivity contribution in [3.05, 3.63) is 22.9 Å². The van der Waals surface area contributed by atoms with Crippen LogP contribution in [0.4, 0.5) is 8.78 Å². The lowest BCUT2D eigenvalue weighted by Crippen LogP contribution is -2.11. The number of aromatic nitrogens is 1. The fraction of sp³-hybridized carbons (Fsp3) is 0.300. The van der Waals surface area contributed by atoms with E-state index in [9.17, 15) is 13.6 Å². The molecule has 0 bridgehead atoms. The molecule has 0 aromatic carbocycles. The zero-order chi connectivity index (χ0) is 13.0. The Hall–Kier alpha value is -2.23. The van der Waals surface area contributed by atoms with Crippen LogP contribution in [0.1, 0.15) is 28.0 Å². The summed E-state index contributed by atoms with van der Waals surface area (Å²) in [5.41, 5.74) is -1.63. The zero-order valence-corrected chi connectivity index (χ0v) is 9.03. The molecule has 7 heteroatoms. The first-order valence-electron chi connectivity index (χ1n) is 4.40. The van der Waals surface area contributed by atoms with Gasteiger partial charge in [0.2, 0.25) is 5.88 Å². The van der Waals surface area contributed by atoms with Crippen LogP contribution in [-0.2, 0) is 4.74 Å². The van der Waals surface area contributed by atoms with E-state index in [4.69, 9.17) is 5.26 Å². The van der Waals surface area contributed by atoms with Crippen molar-refractivity contribution < 1.29 is 23.0 Å². The summed E-state index contributed by atoms with van der Waals surface area (Å²) < 4.78 is 34.5. The van der Waals surface area contributed by atoms with Crippen LogP contribution in [0, 0.1) is 11.3 Å². The van der Waals surface area contributed by atoms with E-state index < -0.39 is 23.7 Å². The molecule has 1 rings (SSSR count). The van der Waals surface area contributed by atoms with Gasteiger partial charge in [0.25, 0.3) is 6.43 Å². The molecule has 5 nitrogen and oxygen atoms in total. The van der Waals surface area contributed by atoms with Gasteiger partial charge in [0.05, 0.1) is 19.8 Å². The third-order valence-corrected chi connectivity index (χ3v) is 1.95. The molecule has 0 unspecified atom stereocenters. The first kappa shape index (κ1) is 12.8. The second-order valence-corrected chi connectivity index (χ2v) is 2.88. The highest BCUT2D eigenvalue weighted by molar-refractivity contribution is 5.93. The molecule has 17 heavy (non-hydrogen) atoms. The Morgan fingerprint density at radius 3 is 2.59 bits per heavy atom. The number of hydrogen-bond acceptors (Lipinski definition) is 5. The number of carbonyl (C=O) groups excluding carboxylic acids is 1. The quantitative estimate of drug-likeness (QED) is 0.754. The van der Waals surface area contributed by atoms with E-state index in [1.54, 1.807) is 6.07 Å². The van der Waals surface area contributed by atoms with E-state index >= 15 is 0 Å². The summed E-state index contributed by atoms with van der Waals surface area (Å²) in [5, 5.41) is 8.80. The monoisotopic (exact) mass is 242 g/mol. The molecule has 1 aromatic rings. The average Bonchev–Trinajstić information content (AvgIpc) is 2.35. The number of ether oxygens (including phenoxy) is 2. The normalized spacial score (nSPS) is 9.88. The van der Waals surface area contributed by atoms with Crippen LogP contribution in [-0.4, -0.2) is 25.2 Å². The molecule has 1 heterocycles. The van der Waals surface area contributed by atoms with Crippen LogP contribution in [0.3, 0.4) is 0 Å². The molecule has 0 aliphatic heterocycles. The van der Waals surface area contributed by atoms with E-state index in [0.717, 1.165) is 13.2 Å². The van der Waals surface area contributed by atoms with Gasteiger partial charge < -0.3 is 9.47 Å². The Bertz CT molecular complexity index is 483. The van der Waals surface area contributed by atoms with E-state index in [-0.39, 0.29) is 11.4 Å². The van der Waals surface area contributed by atoms with Crippen LogP contribution in [0.5, 0.6) is 5.88 Å². The number of carbonyl (C=O) groups is 1. The molecule has 0 aliphatic rings. The Morgan fingerprint density at radius 1 is 1.53 bits per heavy atom. The summed E-state index contributed by atoms with van der Waals surface area (Å²) in [6, 6.07) is 2.72. The Morgan fingerprint density at radius 2 is 2.18 bits per heavy atom. The summed E-state index contributed by atoms with van der Waals surface area (Å²) in [5.74, 6) is -1.20. The van der Waals surface area contributed by atoms with Crippen LogP contribution in [0.15, 0.2) is 6.07 Å². The highest BCUT2D eigenvalue weighted by Crippen LogP contribution is 2.27. The van der Waals surface area contributed by atoms with Gasteiger partial charge in [0.1, 0.15) is 17.3 Å². The van der Waals surface area contributed by atoms with Crippen molar-refractivity contribution >= 4 is 5.97 Å². The number of nitriles is 1. The topological polar surface area (TPSA) is 72.2 Å². The number of halogens is 2. The van der Waals surface area contributed by atoms with Crippen LogP contribution < -0.4 is 4.74 Å². The third-order valence-electron chi connectivity index (χ3n) is 1.95. The Labute approximate surface area is 95.6 Å². The average molecular weight is 242 g/mol. The number of nitrogens with zero attached hydrogens (tertiary/aromatic N) is 2. The van der Waals surface area contributed by atoms with Crippen molar-refractivity contribution in [2.24, 2.45) is 0 Å². The standard InChI is InChI=1S/C10H8F2N2O3/c1-16-6-3-5(4-13)7(10(15)17-2)8(14-6)9(11)12/h3,9H,1-2H3. The second kappa shape index (κ2) is 5.21. The van der Waals surface area contributed by atoms with Gasteiger partial charge in [-0.2, -0.15) is 5.26 Å². The first-order valence-corrected chi connectivity index (χ1v) is 4.40. The van der Waals surface area contributed by atoms with Gasteiger partial charge >= 0.3 is 5.97 Å². The summed E-state index contributed by atoms with van der Waals surface area (Å²) in [4.78, 5) is 14.8. The lowest BCUT2D eigenvalue weighted by molar-refractivity contribution is 0.0586. The lowest BCUT2D eigenvalue weighted by atomic mass is 10.1. The number of rotatable bonds is 3. The first-order chi connectivity index (χ1) is 8.04. The number of pyridine rings is 1. The SMILES string of the molecule is COC(=O)c1c(C#N)cc(OC)nc1C(F)F. The van der Waals surface area contributed by atoms with E-state index in [1.165, 1.54) is 7.11 Å².